The number of nitrogens with one attached hydrogen (secondary N) is 1. The summed E-state index contributed by atoms with van der Waals surface area (Å²) in [7, 11) is 0. The molecule has 158 valence electrons. The molecule has 1 aliphatic rings. The number of aromatic nitrogens is 4. The molecule has 0 aliphatic heterocycles. The second-order valence-corrected chi connectivity index (χ2v) is 9.76. The van der Waals surface area contributed by atoms with Crippen molar-refractivity contribution in [2.45, 2.75) is 31.0 Å². The molecular weight excluding hydrogens is 452 g/mol. The average molecular weight is 471 g/mol. The molecule has 1 fully saturated rings. The van der Waals surface area contributed by atoms with Crippen LogP contribution >= 0.6 is 34.7 Å². The fourth-order valence-electron chi connectivity index (χ4n) is 3.36. The highest BCUT2D eigenvalue weighted by Gasteiger charge is 2.32. The molecule has 0 saturated heterocycles. The molecule has 5 rings (SSSR count). The minimum absolute atomic E-state index is 0.107. The van der Waals surface area contributed by atoms with Gasteiger partial charge in [0.1, 0.15) is 4.83 Å². The number of pyridine rings is 1. The highest BCUT2D eigenvalue weighted by molar-refractivity contribution is 7.99. The van der Waals surface area contributed by atoms with Gasteiger partial charge in [0.05, 0.1) is 16.3 Å². The van der Waals surface area contributed by atoms with Gasteiger partial charge in [-0.1, -0.05) is 23.4 Å². The van der Waals surface area contributed by atoms with Gasteiger partial charge in [-0.2, -0.15) is 0 Å². The number of rotatable bonds is 6. The summed E-state index contributed by atoms with van der Waals surface area (Å²) >= 11 is 8.95. The van der Waals surface area contributed by atoms with Gasteiger partial charge in [0.15, 0.2) is 11.0 Å². The molecule has 10 heteroatoms. The first-order valence-corrected chi connectivity index (χ1v) is 12.0. The van der Waals surface area contributed by atoms with E-state index in [-0.39, 0.29) is 11.7 Å². The number of hydrogen-bond donors (Lipinski definition) is 2. The van der Waals surface area contributed by atoms with Gasteiger partial charge in [-0.3, -0.25) is 9.36 Å². The van der Waals surface area contributed by atoms with Crippen LogP contribution in [-0.2, 0) is 4.79 Å². The van der Waals surface area contributed by atoms with E-state index < -0.39 is 0 Å². The predicted octanol–water partition coefficient (Wildman–Crippen LogP) is 5.16. The van der Waals surface area contributed by atoms with E-state index in [1.165, 1.54) is 23.1 Å². The van der Waals surface area contributed by atoms with Crippen molar-refractivity contribution in [3.63, 3.8) is 0 Å². The number of carbonyl (C=O) groups is 1. The Balaban J connectivity index is 1.37. The summed E-state index contributed by atoms with van der Waals surface area (Å²) in [5, 5.41) is 14.1. The topological polar surface area (TPSA) is 98.7 Å². The first-order valence-electron chi connectivity index (χ1n) is 9.78. The molecule has 0 unspecified atom stereocenters. The smallest absolute Gasteiger partial charge is 0.234 e. The lowest BCUT2D eigenvalue weighted by Crippen LogP contribution is -2.14. The maximum Gasteiger partial charge on any atom is 0.234 e. The van der Waals surface area contributed by atoms with E-state index in [0.29, 0.717) is 16.8 Å². The van der Waals surface area contributed by atoms with Crippen molar-refractivity contribution in [2.75, 3.05) is 16.8 Å². The van der Waals surface area contributed by atoms with Crippen LogP contribution in [0.25, 0.3) is 20.9 Å². The third kappa shape index (κ3) is 4.00. The van der Waals surface area contributed by atoms with Gasteiger partial charge in [-0.15, -0.1) is 21.5 Å². The monoisotopic (exact) mass is 470 g/mol. The number of halogens is 1. The predicted molar refractivity (Wildman–Crippen MR) is 127 cm³/mol. The van der Waals surface area contributed by atoms with Gasteiger partial charge >= 0.3 is 0 Å². The SMILES string of the molecule is Cc1cc(NC(=O)CSc2nnc(-c3sc4ncccc4c3N)n2C2CC2)ccc1Cl. The largest absolute Gasteiger partial charge is 0.397 e. The molecule has 7 nitrogen and oxygen atoms in total. The van der Waals surface area contributed by atoms with E-state index in [0.717, 1.165) is 50.2 Å². The molecular formula is C21H19ClN6OS2. The lowest BCUT2D eigenvalue weighted by molar-refractivity contribution is -0.113. The van der Waals surface area contributed by atoms with Crippen molar-refractivity contribution < 1.29 is 4.79 Å². The maximum absolute atomic E-state index is 12.5. The van der Waals surface area contributed by atoms with Gasteiger partial charge in [-0.05, 0) is 55.7 Å². The van der Waals surface area contributed by atoms with Crippen LogP contribution in [-0.4, -0.2) is 31.4 Å². The van der Waals surface area contributed by atoms with Crippen LogP contribution in [0.2, 0.25) is 5.02 Å². The second-order valence-electron chi connectivity index (χ2n) is 7.41. The van der Waals surface area contributed by atoms with Crippen LogP contribution < -0.4 is 11.1 Å². The number of aryl methyl sites for hydroxylation is 1. The van der Waals surface area contributed by atoms with Gasteiger partial charge in [0.25, 0.3) is 0 Å². The summed E-state index contributed by atoms with van der Waals surface area (Å²) in [6, 6.07) is 9.61. The van der Waals surface area contributed by atoms with Gasteiger partial charge in [0, 0.05) is 28.3 Å². The number of benzene rings is 1. The second kappa shape index (κ2) is 8.14. The van der Waals surface area contributed by atoms with Crippen molar-refractivity contribution >= 4 is 62.2 Å². The highest BCUT2D eigenvalue weighted by Crippen LogP contribution is 2.45. The van der Waals surface area contributed by atoms with Crippen LogP contribution in [0.15, 0.2) is 41.7 Å². The third-order valence-electron chi connectivity index (χ3n) is 5.06. The molecule has 1 amide bonds. The molecule has 0 bridgehead atoms. The molecule has 4 aromatic rings. The average Bonchev–Trinajstić information content (AvgIpc) is 3.43. The summed E-state index contributed by atoms with van der Waals surface area (Å²) in [6.45, 7) is 1.90. The number of nitrogens with two attached hydrogens (primary N) is 1. The van der Waals surface area contributed by atoms with E-state index in [2.05, 4.69) is 25.1 Å². The minimum atomic E-state index is -0.107. The van der Waals surface area contributed by atoms with Crippen molar-refractivity contribution in [2.24, 2.45) is 0 Å². The Bertz CT molecular complexity index is 1300. The number of anilines is 2. The molecule has 31 heavy (non-hydrogen) atoms. The Labute approximate surface area is 192 Å². The standard InChI is InChI=1S/C21H19ClN6OS2/c1-11-9-12(4-7-15(11)22)25-16(29)10-30-21-27-26-19(28(21)13-5-6-13)18-17(23)14-3-2-8-24-20(14)31-18/h2-4,7-9,13H,5-6,10,23H2,1H3,(H,25,29). The Kier molecular flexibility index (Phi) is 5.33. The number of fused-ring (bicyclic) bond motifs is 1. The van der Waals surface area contributed by atoms with Crippen LogP contribution in [0.1, 0.15) is 24.4 Å². The Morgan fingerprint density at radius 1 is 1.35 bits per heavy atom. The van der Waals surface area contributed by atoms with E-state index in [9.17, 15) is 4.79 Å². The van der Waals surface area contributed by atoms with Crippen LogP contribution in [0, 0.1) is 6.92 Å². The van der Waals surface area contributed by atoms with E-state index in [1.54, 1.807) is 18.3 Å². The summed E-state index contributed by atoms with van der Waals surface area (Å²) in [5.74, 6) is 0.874. The third-order valence-corrected chi connectivity index (χ3v) is 7.55. The summed E-state index contributed by atoms with van der Waals surface area (Å²) in [6.07, 6.45) is 3.89. The molecule has 0 spiro atoms. The van der Waals surface area contributed by atoms with E-state index >= 15 is 0 Å². The molecule has 0 atom stereocenters. The number of thioether (sulfide) groups is 1. The Morgan fingerprint density at radius 3 is 2.94 bits per heavy atom. The van der Waals surface area contributed by atoms with Gasteiger partial charge < -0.3 is 11.1 Å². The Hall–Kier alpha value is -2.62. The zero-order valence-corrected chi connectivity index (χ0v) is 19.0. The van der Waals surface area contributed by atoms with Crippen LogP contribution in [0.5, 0.6) is 0 Å². The van der Waals surface area contributed by atoms with E-state index in [1.807, 2.05) is 25.1 Å². The number of nitrogens with zero attached hydrogens (tertiary/aromatic N) is 4. The van der Waals surface area contributed by atoms with Crippen molar-refractivity contribution in [1.82, 2.24) is 19.7 Å². The van der Waals surface area contributed by atoms with Gasteiger partial charge in [-0.25, -0.2) is 4.98 Å². The van der Waals surface area contributed by atoms with Crippen LogP contribution in [0.3, 0.4) is 0 Å². The fraction of sp³-hybridized carbons (Fsp3) is 0.238. The Morgan fingerprint density at radius 2 is 2.19 bits per heavy atom. The first-order chi connectivity index (χ1) is 15.0. The summed E-state index contributed by atoms with van der Waals surface area (Å²) in [5.41, 5.74) is 8.73. The molecule has 1 aliphatic carbocycles. The highest BCUT2D eigenvalue weighted by atomic mass is 35.5. The fourth-order valence-corrected chi connectivity index (χ4v) is 5.33. The quantitative estimate of drug-likeness (QED) is 0.377. The molecule has 1 aromatic carbocycles. The summed E-state index contributed by atoms with van der Waals surface area (Å²) < 4.78 is 2.12. The molecule has 1 saturated carbocycles. The molecule has 0 radical (unpaired) electrons. The number of hydrogen-bond acceptors (Lipinski definition) is 7. The molecule has 3 aromatic heterocycles. The van der Waals surface area contributed by atoms with Crippen LogP contribution in [0.4, 0.5) is 11.4 Å². The lowest BCUT2D eigenvalue weighted by atomic mass is 10.2. The number of carbonyl (C=O) groups excluding carboxylic acids is 1. The number of amides is 1. The zero-order valence-electron chi connectivity index (χ0n) is 16.6. The number of nitrogen functional groups attached to an aromatic ring is 1. The normalized spacial score (nSPS) is 13.6. The van der Waals surface area contributed by atoms with Crippen molar-refractivity contribution in [3.8, 4) is 10.7 Å². The summed E-state index contributed by atoms with van der Waals surface area (Å²) in [4.78, 5) is 18.6. The van der Waals surface area contributed by atoms with E-state index in [4.69, 9.17) is 17.3 Å². The molecule has 3 N–H and O–H groups in total. The van der Waals surface area contributed by atoms with Crippen molar-refractivity contribution in [3.05, 3.63) is 47.1 Å². The van der Waals surface area contributed by atoms with Crippen molar-refractivity contribution in [1.29, 1.82) is 0 Å². The maximum atomic E-state index is 12.5. The molecule has 3 heterocycles. The first kappa shape index (κ1) is 20.3. The zero-order chi connectivity index (χ0) is 21.5. The lowest BCUT2D eigenvalue weighted by Gasteiger charge is -2.09. The minimum Gasteiger partial charge on any atom is -0.397 e. The number of thiophene rings is 1. The van der Waals surface area contributed by atoms with Gasteiger partial charge in [0.2, 0.25) is 5.91 Å².